The monoisotopic (exact) mass is 480 g/mol. The molecular formula is C28H40N4O3. The highest BCUT2D eigenvalue weighted by Gasteiger charge is 2.39. The number of H-pyrrole nitrogens is 2. The second-order valence-electron chi connectivity index (χ2n) is 10.8. The van der Waals surface area contributed by atoms with Gasteiger partial charge in [0, 0.05) is 43.9 Å². The van der Waals surface area contributed by atoms with E-state index in [9.17, 15) is 14.7 Å². The topological polar surface area (TPSA) is 92.4 Å². The Morgan fingerprint density at radius 2 is 1.94 bits per heavy atom. The second-order valence-corrected chi connectivity index (χ2v) is 10.8. The van der Waals surface area contributed by atoms with E-state index in [4.69, 9.17) is 0 Å². The number of hydrogen-bond acceptors (Lipinski definition) is 3. The van der Waals surface area contributed by atoms with Crippen LogP contribution in [-0.4, -0.2) is 63.9 Å². The molecule has 2 aromatic rings. The Morgan fingerprint density at radius 3 is 2.63 bits per heavy atom. The molecule has 0 saturated carbocycles. The van der Waals surface area contributed by atoms with Crippen molar-refractivity contribution < 1.29 is 9.90 Å². The Balaban J connectivity index is 1.29. The zero-order chi connectivity index (χ0) is 25.0. The maximum atomic E-state index is 12.2. The van der Waals surface area contributed by atoms with Gasteiger partial charge >= 0.3 is 6.09 Å². The number of amides is 1. The molecule has 1 aromatic carbocycles. The summed E-state index contributed by atoms with van der Waals surface area (Å²) in [5.74, 6) is 0.277. The molecule has 1 spiro atoms. The van der Waals surface area contributed by atoms with E-state index >= 15 is 0 Å². The Kier molecular flexibility index (Phi) is 7.85. The molecule has 2 saturated heterocycles. The third kappa shape index (κ3) is 6.07. The average molecular weight is 481 g/mol. The van der Waals surface area contributed by atoms with E-state index < -0.39 is 6.09 Å². The van der Waals surface area contributed by atoms with Crippen LogP contribution in [0, 0.1) is 12.3 Å². The summed E-state index contributed by atoms with van der Waals surface area (Å²) in [6.45, 7) is 10.9. The molecule has 2 fully saturated rings. The van der Waals surface area contributed by atoms with Crippen LogP contribution in [0.4, 0.5) is 4.79 Å². The standard InChI is InChI=1S/C28H40N4O3/c1-20(2)25-24(26(33)30-29-25)18-23-9-8-22(17-21(23)3)7-4-5-13-31-14-6-10-28(19-31)11-15-32(16-12-28)27(34)35/h4,7-9,17,20H,5-6,10-16,18-19H2,1-3H3,(H,34,35)(H2,29,30,33). The number of hydrogen-bond donors (Lipinski definition) is 3. The smallest absolute Gasteiger partial charge is 0.407 e. The van der Waals surface area contributed by atoms with Gasteiger partial charge in [0.15, 0.2) is 0 Å². The van der Waals surface area contributed by atoms with Crippen LogP contribution >= 0.6 is 0 Å². The van der Waals surface area contributed by atoms with Gasteiger partial charge in [0.1, 0.15) is 0 Å². The van der Waals surface area contributed by atoms with Crippen LogP contribution in [0.1, 0.15) is 79.8 Å². The number of aromatic nitrogens is 2. The first-order valence-corrected chi connectivity index (χ1v) is 13.0. The van der Waals surface area contributed by atoms with Gasteiger partial charge in [-0.25, -0.2) is 4.79 Å². The number of likely N-dealkylation sites (tertiary alicyclic amines) is 2. The van der Waals surface area contributed by atoms with Gasteiger partial charge < -0.3 is 20.0 Å². The first-order chi connectivity index (χ1) is 16.8. The van der Waals surface area contributed by atoms with Crippen molar-refractivity contribution >= 4 is 12.2 Å². The molecule has 0 bridgehead atoms. The van der Waals surface area contributed by atoms with Crippen LogP contribution < -0.4 is 5.56 Å². The molecule has 0 atom stereocenters. The van der Waals surface area contributed by atoms with Gasteiger partial charge in [-0.05, 0) is 73.6 Å². The van der Waals surface area contributed by atoms with E-state index in [1.807, 2.05) is 0 Å². The minimum atomic E-state index is -0.778. The first-order valence-electron chi connectivity index (χ1n) is 13.0. The number of aryl methyl sites for hydroxylation is 1. The molecule has 0 unspecified atom stereocenters. The van der Waals surface area contributed by atoms with Crippen molar-refractivity contribution in [2.75, 3.05) is 32.7 Å². The van der Waals surface area contributed by atoms with Gasteiger partial charge in [0.25, 0.3) is 5.56 Å². The van der Waals surface area contributed by atoms with E-state index in [-0.39, 0.29) is 11.5 Å². The molecule has 3 N–H and O–H groups in total. The highest BCUT2D eigenvalue weighted by atomic mass is 16.4. The summed E-state index contributed by atoms with van der Waals surface area (Å²) in [5, 5.41) is 15.0. The lowest BCUT2D eigenvalue weighted by atomic mass is 9.72. The first kappa shape index (κ1) is 25.3. The number of rotatable bonds is 7. The molecule has 1 aromatic heterocycles. The Hall–Kier alpha value is -2.80. The summed E-state index contributed by atoms with van der Waals surface area (Å²) in [7, 11) is 0. The van der Waals surface area contributed by atoms with E-state index in [0.717, 1.165) is 50.2 Å². The molecule has 35 heavy (non-hydrogen) atoms. The Bertz CT molecular complexity index is 1110. The average Bonchev–Trinajstić information content (AvgIpc) is 3.19. The molecule has 0 radical (unpaired) electrons. The lowest BCUT2D eigenvalue weighted by Gasteiger charge is -2.47. The summed E-state index contributed by atoms with van der Waals surface area (Å²) in [4.78, 5) is 27.6. The maximum absolute atomic E-state index is 12.2. The minimum Gasteiger partial charge on any atom is -0.465 e. The quantitative estimate of drug-likeness (QED) is 0.521. The minimum absolute atomic E-state index is 0.0241. The zero-order valence-electron chi connectivity index (χ0n) is 21.4. The lowest BCUT2D eigenvalue weighted by Crippen LogP contribution is -2.50. The maximum Gasteiger partial charge on any atom is 0.407 e. The molecule has 3 heterocycles. The predicted molar refractivity (Wildman–Crippen MR) is 140 cm³/mol. The van der Waals surface area contributed by atoms with Gasteiger partial charge in [-0.2, -0.15) is 0 Å². The van der Waals surface area contributed by atoms with E-state index in [1.165, 1.54) is 29.5 Å². The van der Waals surface area contributed by atoms with Crippen molar-refractivity contribution in [2.24, 2.45) is 5.41 Å². The van der Waals surface area contributed by atoms with Crippen molar-refractivity contribution in [1.82, 2.24) is 20.0 Å². The number of nitrogens with one attached hydrogen (secondary N) is 2. The molecule has 2 aliphatic heterocycles. The van der Waals surface area contributed by atoms with Crippen LogP contribution in [0.15, 0.2) is 29.1 Å². The highest BCUT2D eigenvalue weighted by Crippen LogP contribution is 2.39. The van der Waals surface area contributed by atoms with Crippen LogP contribution in [0.2, 0.25) is 0 Å². The van der Waals surface area contributed by atoms with Crippen LogP contribution in [0.25, 0.3) is 6.08 Å². The third-order valence-electron chi connectivity index (χ3n) is 7.98. The fourth-order valence-electron chi connectivity index (χ4n) is 5.84. The normalized spacial score (nSPS) is 18.7. The van der Waals surface area contributed by atoms with Gasteiger partial charge in [0.2, 0.25) is 0 Å². The molecule has 4 rings (SSSR count). The Morgan fingerprint density at radius 1 is 1.17 bits per heavy atom. The zero-order valence-corrected chi connectivity index (χ0v) is 21.4. The fourth-order valence-corrected chi connectivity index (χ4v) is 5.84. The summed E-state index contributed by atoms with van der Waals surface area (Å²) < 4.78 is 0. The lowest BCUT2D eigenvalue weighted by molar-refractivity contribution is 0.0269. The predicted octanol–water partition coefficient (Wildman–Crippen LogP) is 4.98. The second kappa shape index (κ2) is 10.9. The van der Waals surface area contributed by atoms with Crippen LogP contribution in [0.5, 0.6) is 0 Å². The molecule has 0 aliphatic carbocycles. The molecule has 7 heteroatoms. The summed E-state index contributed by atoms with van der Waals surface area (Å²) in [6, 6.07) is 6.48. The van der Waals surface area contributed by atoms with Crippen LogP contribution in [-0.2, 0) is 6.42 Å². The number of piperidine rings is 2. The molecule has 1 amide bonds. The van der Waals surface area contributed by atoms with Crippen molar-refractivity contribution in [3.05, 3.63) is 62.6 Å². The molecule has 7 nitrogen and oxygen atoms in total. The van der Waals surface area contributed by atoms with Gasteiger partial charge in [0.05, 0.1) is 0 Å². The van der Waals surface area contributed by atoms with Crippen molar-refractivity contribution in [3.8, 4) is 0 Å². The summed E-state index contributed by atoms with van der Waals surface area (Å²) in [5.41, 5.74) is 5.68. The summed E-state index contributed by atoms with van der Waals surface area (Å²) in [6.07, 6.45) is 9.75. The SMILES string of the molecule is Cc1cc(C=CCCN2CCCC3(CCN(C(=O)O)CC3)C2)ccc1Cc1c(C(C)C)[nH][nH]c1=O. The highest BCUT2D eigenvalue weighted by molar-refractivity contribution is 5.65. The molecule has 190 valence electrons. The van der Waals surface area contributed by atoms with E-state index in [1.54, 1.807) is 4.90 Å². The van der Waals surface area contributed by atoms with E-state index in [2.05, 4.69) is 66.2 Å². The number of carboxylic acid groups (broad SMARTS) is 1. The number of carbonyl (C=O) groups is 1. The van der Waals surface area contributed by atoms with Crippen molar-refractivity contribution in [1.29, 1.82) is 0 Å². The van der Waals surface area contributed by atoms with Crippen LogP contribution in [0.3, 0.4) is 0 Å². The number of nitrogens with zero attached hydrogens (tertiary/aromatic N) is 2. The third-order valence-corrected chi connectivity index (χ3v) is 7.98. The molecule has 2 aliphatic rings. The number of benzene rings is 1. The van der Waals surface area contributed by atoms with E-state index in [0.29, 0.717) is 24.9 Å². The molecular weight excluding hydrogens is 440 g/mol. The fraction of sp³-hybridized carbons (Fsp3) is 0.571. The van der Waals surface area contributed by atoms with Crippen molar-refractivity contribution in [3.63, 3.8) is 0 Å². The van der Waals surface area contributed by atoms with Gasteiger partial charge in [-0.15, -0.1) is 0 Å². The van der Waals surface area contributed by atoms with Gasteiger partial charge in [-0.3, -0.25) is 9.89 Å². The van der Waals surface area contributed by atoms with Gasteiger partial charge in [-0.1, -0.05) is 44.2 Å². The summed E-state index contributed by atoms with van der Waals surface area (Å²) >= 11 is 0. The Labute approximate surface area is 208 Å². The number of aromatic amines is 2. The van der Waals surface area contributed by atoms with Crippen molar-refractivity contribution in [2.45, 2.75) is 65.2 Å². The largest absolute Gasteiger partial charge is 0.465 e.